The minimum absolute atomic E-state index is 0.0772. The zero-order valence-electron chi connectivity index (χ0n) is 11.7. The Labute approximate surface area is 151 Å². The molecule has 1 aliphatic rings. The van der Waals surface area contributed by atoms with E-state index in [0.717, 1.165) is 4.47 Å². The molecule has 2 amide bonds. The fourth-order valence-electron chi connectivity index (χ4n) is 2.40. The Morgan fingerprint density at radius 1 is 1.09 bits per heavy atom. The van der Waals surface area contributed by atoms with E-state index in [4.69, 9.17) is 23.2 Å². The molecular formula is C16H11BrCl2N2O2. The van der Waals surface area contributed by atoms with E-state index in [0.29, 0.717) is 21.4 Å². The summed E-state index contributed by atoms with van der Waals surface area (Å²) in [7, 11) is 0. The van der Waals surface area contributed by atoms with Gasteiger partial charge in [0.25, 0.3) is 5.91 Å². The average molecular weight is 414 g/mol. The van der Waals surface area contributed by atoms with Gasteiger partial charge in [0.15, 0.2) is 0 Å². The smallest absolute Gasteiger partial charge is 0.256 e. The Morgan fingerprint density at radius 3 is 2.43 bits per heavy atom. The van der Waals surface area contributed by atoms with Crippen molar-refractivity contribution >= 4 is 62.3 Å². The fraction of sp³-hybridized carbons (Fsp3) is 0.125. The number of hydrogen-bond donors (Lipinski definition) is 1. The lowest BCUT2D eigenvalue weighted by molar-refractivity contribution is -0.121. The Balaban J connectivity index is 1.82. The van der Waals surface area contributed by atoms with Gasteiger partial charge in [-0.2, -0.15) is 0 Å². The maximum Gasteiger partial charge on any atom is 0.256 e. The van der Waals surface area contributed by atoms with E-state index in [1.54, 1.807) is 42.5 Å². The first-order valence-electron chi connectivity index (χ1n) is 6.79. The number of carbonyl (C=O) groups is 2. The molecular weight excluding hydrogens is 403 g/mol. The highest BCUT2D eigenvalue weighted by Crippen LogP contribution is 2.30. The molecule has 0 aromatic heterocycles. The van der Waals surface area contributed by atoms with E-state index < -0.39 is 6.04 Å². The molecule has 0 bridgehead atoms. The fourth-order valence-corrected chi connectivity index (χ4v) is 3.13. The monoisotopic (exact) mass is 412 g/mol. The van der Waals surface area contributed by atoms with Crippen LogP contribution in [0.15, 0.2) is 46.9 Å². The lowest BCUT2D eigenvalue weighted by Gasteiger charge is -2.16. The molecule has 1 N–H and O–H groups in total. The van der Waals surface area contributed by atoms with Gasteiger partial charge in [-0.05, 0) is 42.5 Å². The summed E-state index contributed by atoms with van der Waals surface area (Å²) in [5, 5.41) is 3.92. The molecule has 2 aromatic carbocycles. The molecule has 1 fully saturated rings. The predicted molar refractivity (Wildman–Crippen MR) is 95.1 cm³/mol. The van der Waals surface area contributed by atoms with Crippen molar-refractivity contribution in [3.63, 3.8) is 0 Å². The number of imide groups is 1. The first-order valence-corrected chi connectivity index (χ1v) is 8.34. The number of amides is 2. The van der Waals surface area contributed by atoms with E-state index in [1.807, 2.05) is 0 Å². The molecule has 7 heteroatoms. The van der Waals surface area contributed by atoms with Crippen molar-refractivity contribution in [3.8, 4) is 0 Å². The van der Waals surface area contributed by atoms with Crippen LogP contribution in [0, 0.1) is 0 Å². The highest BCUT2D eigenvalue weighted by molar-refractivity contribution is 9.10. The number of hydrogen-bond acceptors (Lipinski definition) is 3. The van der Waals surface area contributed by atoms with Crippen LogP contribution < -0.4 is 10.2 Å². The van der Waals surface area contributed by atoms with Crippen LogP contribution in [0.1, 0.15) is 6.42 Å². The summed E-state index contributed by atoms with van der Waals surface area (Å²) in [4.78, 5) is 25.9. The molecule has 0 radical (unpaired) electrons. The van der Waals surface area contributed by atoms with Crippen LogP contribution >= 0.6 is 39.1 Å². The topological polar surface area (TPSA) is 49.4 Å². The normalized spacial score (nSPS) is 17.7. The summed E-state index contributed by atoms with van der Waals surface area (Å²) < 4.78 is 0.878. The van der Waals surface area contributed by atoms with Crippen LogP contribution in [0.5, 0.6) is 0 Å². The Bertz CT molecular complexity index is 780. The average Bonchev–Trinajstić information content (AvgIpc) is 2.78. The van der Waals surface area contributed by atoms with Gasteiger partial charge in [-0.15, -0.1) is 0 Å². The van der Waals surface area contributed by atoms with Gasteiger partial charge in [0.2, 0.25) is 5.91 Å². The van der Waals surface area contributed by atoms with Crippen molar-refractivity contribution in [2.45, 2.75) is 12.5 Å². The van der Waals surface area contributed by atoms with Crippen LogP contribution in [0.3, 0.4) is 0 Å². The van der Waals surface area contributed by atoms with Crippen LogP contribution in [0.25, 0.3) is 0 Å². The van der Waals surface area contributed by atoms with Gasteiger partial charge < -0.3 is 5.32 Å². The molecule has 1 atom stereocenters. The summed E-state index contributed by atoms with van der Waals surface area (Å²) in [5.41, 5.74) is 1.12. The maximum absolute atomic E-state index is 12.5. The summed E-state index contributed by atoms with van der Waals surface area (Å²) in [5.74, 6) is -0.553. The van der Waals surface area contributed by atoms with Crippen LogP contribution in [0.2, 0.25) is 10.0 Å². The lowest BCUT2D eigenvalue weighted by atomic mass is 10.2. The second-order valence-electron chi connectivity index (χ2n) is 5.07. The van der Waals surface area contributed by atoms with E-state index >= 15 is 0 Å². The molecule has 1 saturated heterocycles. The third-order valence-electron chi connectivity index (χ3n) is 3.49. The van der Waals surface area contributed by atoms with Gasteiger partial charge in [-0.25, -0.2) is 4.90 Å². The zero-order chi connectivity index (χ0) is 16.6. The minimum atomic E-state index is -0.648. The molecule has 1 aliphatic heterocycles. The largest absolute Gasteiger partial charge is 0.372 e. The van der Waals surface area contributed by atoms with Crippen molar-refractivity contribution in [1.82, 2.24) is 0 Å². The molecule has 0 aliphatic carbocycles. The van der Waals surface area contributed by atoms with E-state index in [-0.39, 0.29) is 18.2 Å². The van der Waals surface area contributed by atoms with Crippen LogP contribution in [-0.4, -0.2) is 17.9 Å². The van der Waals surface area contributed by atoms with E-state index in [1.165, 1.54) is 4.90 Å². The van der Waals surface area contributed by atoms with Gasteiger partial charge in [0.1, 0.15) is 6.04 Å². The van der Waals surface area contributed by atoms with Gasteiger partial charge in [0, 0.05) is 9.50 Å². The summed E-state index contributed by atoms with van der Waals surface area (Å²) in [6, 6.07) is 11.3. The number of rotatable bonds is 3. The van der Waals surface area contributed by atoms with Gasteiger partial charge in [0.05, 0.1) is 22.8 Å². The third-order valence-corrected chi connectivity index (χ3v) is 4.57. The van der Waals surface area contributed by atoms with Crippen molar-refractivity contribution < 1.29 is 9.59 Å². The molecule has 2 aromatic rings. The van der Waals surface area contributed by atoms with E-state index in [2.05, 4.69) is 21.2 Å². The third kappa shape index (κ3) is 3.37. The highest BCUT2D eigenvalue weighted by atomic mass is 79.9. The predicted octanol–water partition coefficient (Wildman–Crippen LogP) is 4.50. The van der Waals surface area contributed by atoms with Gasteiger partial charge in [-0.1, -0.05) is 39.1 Å². The molecule has 118 valence electrons. The molecule has 0 spiro atoms. The lowest BCUT2D eigenvalue weighted by Crippen LogP contribution is -2.34. The minimum Gasteiger partial charge on any atom is -0.372 e. The summed E-state index contributed by atoms with van der Waals surface area (Å²) >= 11 is 15.3. The van der Waals surface area contributed by atoms with Crippen LogP contribution in [0.4, 0.5) is 11.4 Å². The molecule has 23 heavy (non-hydrogen) atoms. The van der Waals surface area contributed by atoms with E-state index in [9.17, 15) is 9.59 Å². The second-order valence-corrected chi connectivity index (χ2v) is 6.83. The standard InChI is InChI=1S/C16H11BrCl2N2O2/c17-9-1-4-11(5-2-9)21-15(22)8-14(16(21)23)20-13-6-3-10(18)7-12(13)19/h1-7,14,20H,8H2/t14-/m1/s1. The van der Waals surface area contributed by atoms with Crippen molar-refractivity contribution in [3.05, 3.63) is 57.0 Å². The second kappa shape index (κ2) is 6.51. The zero-order valence-corrected chi connectivity index (χ0v) is 14.8. The van der Waals surface area contributed by atoms with Crippen LogP contribution in [-0.2, 0) is 9.59 Å². The molecule has 0 unspecified atom stereocenters. The van der Waals surface area contributed by atoms with Crippen molar-refractivity contribution in [2.75, 3.05) is 10.2 Å². The number of carbonyl (C=O) groups excluding carboxylic acids is 2. The summed E-state index contributed by atoms with van der Waals surface area (Å²) in [6.45, 7) is 0. The first-order chi connectivity index (χ1) is 11.0. The number of nitrogens with one attached hydrogen (secondary N) is 1. The molecule has 1 heterocycles. The Morgan fingerprint density at radius 2 is 1.78 bits per heavy atom. The van der Waals surface area contributed by atoms with Crippen molar-refractivity contribution in [2.24, 2.45) is 0 Å². The number of nitrogens with zero attached hydrogens (tertiary/aromatic N) is 1. The number of halogens is 3. The molecule has 0 saturated carbocycles. The molecule has 3 rings (SSSR count). The molecule has 4 nitrogen and oxygen atoms in total. The number of benzene rings is 2. The maximum atomic E-state index is 12.5. The summed E-state index contributed by atoms with van der Waals surface area (Å²) in [6.07, 6.45) is 0.0772. The quantitative estimate of drug-likeness (QED) is 0.753. The van der Waals surface area contributed by atoms with Gasteiger partial charge >= 0.3 is 0 Å². The number of anilines is 2. The Hall–Kier alpha value is -1.56. The SMILES string of the molecule is O=C1C[C@@H](Nc2ccc(Cl)cc2Cl)C(=O)N1c1ccc(Br)cc1. The first kappa shape index (κ1) is 16.3. The van der Waals surface area contributed by atoms with Gasteiger partial charge in [-0.3, -0.25) is 9.59 Å². The van der Waals surface area contributed by atoms with Crippen molar-refractivity contribution in [1.29, 1.82) is 0 Å². The highest BCUT2D eigenvalue weighted by Gasteiger charge is 2.39. The Kier molecular flexibility index (Phi) is 4.62.